The maximum absolute atomic E-state index is 5.93. The quantitative estimate of drug-likeness (QED) is 0.465. The van der Waals surface area contributed by atoms with Gasteiger partial charge in [0.2, 0.25) is 0 Å². The zero-order chi connectivity index (χ0) is 11.7. The minimum atomic E-state index is 0.931. The van der Waals surface area contributed by atoms with E-state index in [9.17, 15) is 0 Å². The monoisotopic (exact) mass is 259 g/mol. The van der Waals surface area contributed by atoms with Crippen molar-refractivity contribution in [1.29, 1.82) is 0 Å². The van der Waals surface area contributed by atoms with Crippen LogP contribution < -0.4 is 0 Å². The Labute approximate surface area is 108 Å². The third kappa shape index (κ3) is 1.96. The molecule has 0 fully saturated rings. The van der Waals surface area contributed by atoms with Gasteiger partial charge < -0.3 is 0 Å². The maximum atomic E-state index is 5.93. The van der Waals surface area contributed by atoms with Gasteiger partial charge in [0.25, 0.3) is 0 Å². The van der Waals surface area contributed by atoms with E-state index in [0.29, 0.717) is 0 Å². The molecule has 0 N–H and O–H groups in total. The largest absolute Gasteiger partial charge is 0.372 e. The Balaban J connectivity index is 2.24. The molecule has 3 rings (SSSR count). The molecule has 1 aromatic carbocycles. The van der Waals surface area contributed by atoms with Gasteiger partial charge in [0, 0.05) is 10.3 Å². The van der Waals surface area contributed by atoms with Crippen LogP contribution in [0.2, 0.25) is 0 Å². The highest BCUT2D eigenvalue weighted by molar-refractivity contribution is 7.99. The minimum absolute atomic E-state index is 0.931. The predicted molar refractivity (Wildman–Crippen MR) is 75.7 cm³/mol. The summed E-state index contributed by atoms with van der Waals surface area (Å²) in [6.07, 6.45) is 2.10. The van der Waals surface area contributed by atoms with Gasteiger partial charge in [-0.2, -0.15) is 0 Å². The van der Waals surface area contributed by atoms with Crippen molar-refractivity contribution in [3.63, 3.8) is 0 Å². The lowest BCUT2D eigenvalue weighted by Crippen LogP contribution is -1.79. The standard InChI is InChI=1S/C14H11OS2/c1-16-13-9-12(10-5-3-2-4-6-10)15-11-7-8-17-14(11)13/h2-9H,1H3/q+1. The first-order valence-electron chi connectivity index (χ1n) is 5.32. The summed E-state index contributed by atoms with van der Waals surface area (Å²) in [5.41, 5.74) is 2.09. The number of fused-ring (bicyclic) bond motifs is 1. The van der Waals surface area contributed by atoms with Gasteiger partial charge in [-0.05, 0) is 18.4 Å². The molecule has 0 aliphatic rings. The lowest BCUT2D eigenvalue weighted by atomic mass is 10.1. The first-order valence-corrected chi connectivity index (χ1v) is 7.42. The maximum Gasteiger partial charge on any atom is 0.372 e. The SMILES string of the molecule is CSc1cc(-c2ccccc2)[o+]c2ccsc12. The molecule has 17 heavy (non-hydrogen) atoms. The highest BCUT2D eigenvalue weighted by Gasteiger charge is 2.19. The molecule has 2 aromatic heterocycles. The second kappa shape index (κ2) is 4.51. The molecular weight excluding hydrogens is 248 g/mol. The van der Waals surface area contributed by atoms with Crippen LogP contribution in [0.1, 0.15) is 0 Å². The van der Waals surface area contributed by atoms with E-state index in [1.165, 1.54) is 9.60 Å². The Kier molecular flexibility index (Phi) is 2.87. The fourth-order valence-electron chi connectivity index (χ4n) is 1.79. The van der Waals surface area contributed by atoms with Crippen LogP contribution in [0.4, 0.5) is 0 Å². The Morgan fingerprint density at radius 1 is 1.12 bits per heavy atom. The summed E-state index contributed by atoms with van der Waals surface area (Å²) in [4.78, 5) is 1.28. The Morgan fingerprint density at radius 3 is 2.71 bits per heavy atom. The average molecular weight is 259 g/mol. The van der Waals surface area contributed by atoms with Gasteiger partial charge in [0.1, 0.15) is 4.70 Å². The van der Waals surface area contributed by atoms with Gasteiger partial charge >= 0.3 is 11.3 Å². The average Bonchev–Trinajstić information content (AvgIpc) is 2.86. The molecule has 84 valence electrons. The predicted octanol–water partition coefficient (Wildman–Crippen LogP) is 5.16. The summed E-state index contributed by atoms with van der Waals surface area (Å²) >= 11 is 3.49. The summed E-state index contributed by atoms with van der Waals surface area (Å²) in [7, 11) is 0. The van der Waals surface area contributed by atoms with Gasteiger partial charge in [-0.1, -0.05) is 18.2 Å². The molecule has 0 atom stereocenters. The van der Waals surface area contributed by atoms with Crippen LogP contribution in [0, 0.1) is 0 Å². The van der Waals surface area contributed by atoms with E-state index in [1.807, 2.05) is 24.3 Å². The van der Waals surface area contributed by atoms with Crippen molar-refractivity contribution < 1.29 is 4.42 Å². The summed E-state index contributed by atoms with van der Waals surface area (Å²) in [5, 5.41) is 2.07. The Hall–Kier alpha value is -1.32. The second-order valence-corrected chi connectivity index (χ2v) is 5.42. The van der Waals surface area contributed by atoms with Gasteiger partial charge in [-0.3, -0.25) is 0 Å². The number of rotatable bonds is 2. The fraction of sp³-hybridized carbons (Fsp3) is 0.0714. The van der Waals surface area contributed by atoms with E-state index in [0.717, 1.165) is 16.9 Å². The topological polar surface area (TPSA) is 11.3 Å². The van der Waals surface area contributed by atoms with Crippen molar-refractivity contribution in [3.8, 4) is 11.3 Å². The van der Waals surface area contributed by atoms with E-state index in [-0.39, 0.29) is 0 Å². The lowest BCUT2D eigenvalue weighted by Gasteiger charge is -1.95. The van der Waals surface area contributed by atoms with Crippen LogP contribution in [0.15, 0.2) is 57.2 Å². The van der Waals surface area contributed by atoms with Crippen LogP contribution in [-0.4, -0.2) is 6.26 Å². The van der Waals surface area contributed by atoms with E-state index >= 15 is 0 Å². The van der Waals surface area contributed by atoms with E-state index in [2.05, 4.69) is 29.8 Å². The summed E-state index contributed by atoms with van der Waals surface area (Å²) in [6.45, 7) is 0. The summed E-state index contributed by atoms with van der Waals surface area (Å²) in [6, 6.07) is 14.4. The number of hydrogen-bond donors (Lipinski definition) is 0. The first-order chi connectivity index (χ1) is 8.38. The number of benzene rings is 1. The Bertz CT molecular complexity index is 644. The van der Waals surface area contributed by atoms with Crippen molar-refractivity contribution in [1.82, 2.24) is 0 Å². The number of hydrogen-bond acceptors (Lipinski definition) is 2. The normalized spacial score (nSPS) is 10.9. The van der Waals surface area contributed by atoms with Gasteiger partial charge in [0.15, 0.2) is 0 Å². The van der Waals surface area contributed by atoms with Crippen LogP contribution >= 0.6 is 23.1 Å². The third-order valence-corrected chi connectivity index (χ3v) is 4.43. The fourth-order valence-corrected chi connectivity index (χ4v) is 3.42. The number of thioether (sulfide) groups is 1. The molecule has 3 heteroatoms. The van der Waals surface area contributed by atoms with Gasteiger partial charge in [-0.15, -0.1) is 23.1 Å². The summed E-state index contributed by atoms with van der Waals surface area (Å²) in [5.74, 6) is 0.931. The molecule has 2 heterocycles. The van der Waals surface area contributed by atoms with Gasteiger partial charge in [-0.25, -0.2) is 4.42 Å². The van der Waals surface area contributed by atoms with Crippen molar-refractivity contribution in [2.75, 3.05) is 6.26 Å². The third-order valence-electron chi connectivity index (χ3n) is 2.61. The molecule has 0 saturated heterocycles. The van der Waals surface area contributed by atoms with E-state index < -0.39 is 0 Å². The van der Waals surface area contributed by atoms with Crippen LogP contribution in [-0.2, 0) is 0 Å². The molecule has 0 amide bonds. The Morgan fingerprint density at radius 2 is 1.94 bits per heavy atom. The molecular formula is C14H11OS2+. The highest BCUT2D eigenvalue weighted by Crippen LogP contribution is 2.35. The van der Waals surface area contributed by atoms with Gasteiger partial charge in [0.05, 0.1) is 17.7 Å². The summed E-state index contributed by atoms with van der Waals surface area (Å²) < 4.78 is 7.16. The molecule has 0 unspecified atom stereocenters. The van der Waals surface area contributed by atoms with Crippen LogP contribution in [0.3, 0.4) is 0 Å². The molecule has 0 aliphatic heterocycles. The van der Waals surface area contributed by atoms with Crippen LogP contribution in [0.5, 0.6) is 0 Å². The lowest BCUT2D eigenvalue weighted by molar-refractivity contribution is 0.618. The first kappa shape index (κ1) is 10.8. The van der Waals surface area contributed by atoms with Crippen molar-refractivity contribution >= 4 is 33.4 Å². The van der Waals surface area contributed by atoms with Crippen molar-refractivity contribution in [2.45, 2.75) is 4.90 Å². The zero-order valence-corrected chi connectivity index (χ0v) is 11.0. The minimum Gasteiger partial charge on any atom is -0.206 e. The molecule has 0 bridgehead atoms. The molecule has 0 aliphatic carbocycles. The number of thiophene rings is 1. The van der Waals surface area contributed by atoms with E-state index in [4.69, 9.17) is 4.42 Å². The molecule has 0 spiro atoms. The molecule has 0 saturated carbocycles. The zero-order valence-electron chi connectivity index (χ0n) is 9.34. The molecule has 3 aromatic rings. The highest BCUT2D eigenvalue weighted by atomic mass is 32.2. The van der Waals surface area contributed by atoms with Crippen molar-refractivity contribution in [2.24, 2.45) is 0 Å². The van der Waals surface area contributed by atoms with Crippen LogP contribution in [0.25, 0.3) is 21.6 Å². The van der Waals surface area contributed by atoms with E-state index in [1.54, 1.807) is 23.1 Å². The smallest absolute Gasteiger partial charge is 0.206 e. The van der Waals surface area contributed by atoms with Crippen molar-refractivity contribution in [3.05, 3.63) is 47.8 Å². The second-order valence-electron chi connectivity index (χ2n) is 3.66. The molecule has 1 nitrogen and oxygen atoms in total. The molecule has 0 radical (unpaired) electrons.